The van der Waals surface area contributed by atoms with Gasteiger partial charge in [0.25, 0.3) is 5.91 Å². The number of hydrogen-bond donors (Lipinski definition) is 0. The Hall–Kier alpha value is -2.17. The summed E-state index contributed by atoms with van der Waals surface area (Å²) in [4.78, 5) is 40.6. The second-order valence-corrected chi connectivity index (χ2v) is 6.53. The zero-order valence-electron chi connectivity index (χ0n) is 14.3. The average Bonchev–Trinajstić information content (AvgIpc) is 2.87. The highest BCUT2D eigenvalue weighted by Gasteiger charge is 2.48. The van der Waals surface area contributed by atoms with Crippen LogP contribution in [0.2, 0.25) is 0 Å². The number of anilines is 1. The van der Waals surface area contributed by atoms with Crippen molar-refractivity contribution in [3.05, 3.63) is 29.8 Å². The summed E-state index contributed by atoms with van der Waals surface area (Å²) in [6.07, 6.45) is 3.66. The molecule has 2 aliphatic rings. The van der Waals surface area contributed by atoms with Crippen molar-refractivity contribution in [1.82, 2.24) is 4.90 Å². The van der Waals surface area contributed by atoms with Crippen LogP contribution in [0.1, 0.15) is 49.9 Å². The van der Waals surface area contributed by atoms with Crippen molar-refractivity contribution in [2.24, 2.45) is 11.8 Å². The van der Waals surface area contributed by atoms with E-state index < -0.39 is 0 Å². The number of fused-ring (bicyclic) bond motifs is 1. The van der Waals surface area contributed by atoms with E-state index in [1.807, 2.05) is 13.8 Å². The lowest BCUT2D eigenvalue weighted by atomic mass is 9.81. The Labute approximate surface area is 142 Å². The van der Waals surface area contributed by atoms with Crippen molar-refractivity contribution in [1.29, 1.82) is 0 Å². The van der Waals surface area contributed by atoms with Gasteiger partial charge in [0, 0.05) is 18.7 Å². The Kier molecular flexibility index (Phi) is 4.69. The van der Waals surface area contributed by atoms with Crippen LogP contribution in [0.4, 0.5) is 5.69 Å². The molecule has 1 aliphatic carbocycles. The van der Waals surface area contributed by atoms with Crippen LogP contribution in [0.5, 0.6) is 0 Å². The lowest BCUT2D eigenvalue weighted by Crippen LogP contribution is -2.32. The standard InChI is InChI=1S/C19H24N2O3/c1-3-20(4-2)17(22)13-9-11-14(12-10-13)21-18(23)15-7-5-6-8-16(15)19(21)24/h9-12,15-16H,3-8H2,1-2H3. The smallest absolute Gasteiger partial charge is 0.253 e. The molecule has 0 spiro atoms. The number of imide groups is 1. The molecule has 2 atom stereocenters. The van der Waals surface area contributed by atoms with Crippen molar-refractivity contribution >= 4 is 23.4 Å². The van der Waals surface area contributed by atoms with Gasteiger partial charge in [0.2, 0.25) is 11.8 Å². The molecule has 0 N–H and O–H groups in total. The predicted octanol–water partition coefficient (Wildman–Crippen LogP) is 2.85. The molecule has 5 nitrogen and oxygen atoms in total. The van der Waals surface area contributed by atoms with Crippen LogP contribution in [-0.2, 0) is 9.59 Å². The van der Waals surface area contributed by atoms with Crippen LogP contribution < -0.4 is 4.90 Å². The van der Waals surface area contributed by atoms with Gasteiger partial charge in [0.1, 0.15) is 0 Å². The normalized spacial score (nSPS) is 23.3. The summed E-state index contributed by atoms with van der Waals surface area (Å²) >= 11 is 0. The SMILES string of the molecule is CCN(CC)C(=O)c1ccc(N2C(=O)C3CCCCC3C2=O)cc1. The first-order valence-electron chi connectivity index (χ1n) is 8.85. The van der Waals surface area contributed by atoms with Gasteiger partial charge in [-0.25, -0.2) is 0 Å². The fourth-order valence-corrected chi connectivity index (χ4v) is 3.86. The highest BCUT2D eigenvalue weighted by atomic mass is 16.2. The molecular formula is C19H24N2O3. The van der Waals surface area contributed by atoms with E-state index in [1.165, 1.54) is 4.90 Å². The van der Waals surface area contributed by atoms with E-state index in [9.17, 15) is 14.4 Å². The quantitative estimate of drug-likeness (QED) is 0.799. The lowest BCUT2D eigenvalue weighted by Gasteiger charge is -2.19. The van der Waals surface area contributed by atoms with Gasteiger partial charge in [-0.1, -0.05) is 12.8 Å². The summed E-state index contributed by atoms with van der Waals surface area (Å²) in [5, 5.41) is 0. The van der Waals surface area contributed by atoms with Crippen molar-refractivity contribution in [3.63, 3.8) is 0 Å². The zero-order valence-corrected chi connectivity index (χ0v) is 14.3. The molecule has 1 aromatic carbocycles. The summed E-state index contributed by atoms with van der Waals surface area (Å²) in [7, 11) is 0. The maximum atomic E-state index is 12.6. The molecule has 1 saturated carbocycles. The molecule has 24 heavy (non-hydrogen) atoms. The Morgan fingerprint density at radius 2 is 1.50 bits per heavy atom. The van der Waals surface area contributed by atoms with Gasteiger partial charge in [-0.3, -0.25) is 19.3 Å². The summed E-state index contributed by atoms with van der Waals surface area (Å²) in [6, 6.07) is 6.84. The van der Waals surface area contributed by atoms with Gasteiger partial charge in [0.05, 0.1) is 17.5 Å². The van der Waals surface area contributed by atoms with E-state index in [1.54, 1.807) is 29.2 Å². The summed E-state index contributed by atoms with van der Waals surface area (Å²) in [5.74, 6) is -0.481. The van der Waals surface area contributed by atoms with E-state index in [0.29, 0.717) is 24.3 Å². The zero-order chi connectivity index (χ0) is 17.3. The highest BCUT2D eigenvalue weighted by molar-refractivity contribution is 6.22. The minimum Gasteiger partial charge on any atom is -0.339 e. The molecule has 1 saturated heterocycles. The number of nitrogens with zero attached hydrogens (tertiary/aromatic N) is 2. The Balaban J connectivity index is 1.82. The monoisotopic (exact) mass is 328 g/mol. The number of benzene rings is 1. The van der Waals surface area contributed by atoms with E-state index >= 15 is 0 Å². The lowest BCUT2D eigenvalue weighted by molar-refractivity contribution is -0.122. The van der Waals surface area contributed by atoms with Crippen molar-refractivity contribution in [2.75, 3.05) is 18.0 Å². The largest absolute Gasteiger partial charge is 0.339 e. The molecule has 1 aliphatic heterocycles. The van der Waals surface area contributed by atoms with Crippen LogP contribution >= 0.6 is 0 Å². The molecule has 3 rings (SSSR count). The summed E-state index contributed by atoms with van der Waals surface area (Å²) < 4.78 is 0. The summed E-state index contributed by atoms with van der Waals surface area (Å²) in [5.41, 5.74) is 1.16. The van der Waals surface area contributed by atoms with Crippen molar-refractivity contribution in [2.45, 2.75) is 39.5 Å². The van der Waals surface area contributed by atoms with E-state index in [0.717, 1.165) is 25.7 Å². The molecule has 5 heteroatoms. The molecule has 1 aromatic rings. The Bertz CT molecular complexity index is 625. The second kappa shape index (κ2) is 6.75. The van der Waals surface area contributed by atoms with Gasteiger partial charge in [-0.2, -0.15) is 0 Å². The minimum absolute atomic E-state index is 0.0284. The first-order chi connectivity index (χ1) is 11.6. The van der Waals surface area contributed by atoms with Gasteiger partial charge in [-0.15, -0.1) is 0 Å². The number of carbonyl (C=O) groups is 3. The van der Waals surface area contributed by atoms with E-state index in [2.05, 4.69) is 0 Å². The van der Waals surface area contributed by atoms with Crippen LogP contribution in [0, 0.1) is 11.8 Å². The fourth-order valence-electron chi connectivity index (χ4n) is 3.86. The first-order valence-corrected chi connectivity index (χ1v) is 8.85. The van der Waals surface area contributed by atoms with Crippen LogP contribution in [0.25, 0.3) is 0 Å². The van der Waals surface area contributed by atoms with Crippen LogP contribution in [-0.4, -0.2) is 35.7 Å². The van der Waals surface area contributed by atoms with Gasteiger partial charge >= 0.3 is 0 Å². The van der Waals surface area contributed by atoms with Crippen LogP contribution in [0.3, 0.4) is 0 Å². The average molecular weight is 328 g/mol. The molecule has 1 heterocycles. The number of hydrogen-bond acceptors (Lipinski definition) is 3. The first kappa shape index (κ1) is 16.7. The van der Waals surface area contributed by atoms with Crippen LogP contribution in [0.15, 0.2) is 24.3 Å². The maximum absolute atomic E-state index is 12.6. The second-order valence-electron chi connectivity index (χ2n) is 6.53. The van der Waals surface area contributed by atoms with Gasteiger partial charge in [-0.05, 0) is 51.0 Å². The Morgan fingerprint density at radius 1 is 1.00 bits per heavy atom. The molecular weight excluding hydrogens is 304 g/mol. The topological polar surface area (TPSA) is 57.7 Å². The fraction of sp³-hybridized carbons (Fsp3) is 0.526. The number of rotatable bonds is 4. The third kappa shape index (κ3) is 2.72. The van der Waals surface area contributed by atoms with Crippen molar-refractivity contribution < 1.29 is 14.4 Å². The molecule has 0 radical (unpaired) electrons. The Morgan fingerprint density at radius 3 is 1.96 bits per heavy atom. The number of carbonyl (C=O) groups excluding carboxylic acids is 3. The number of amides is 3. The highest BCUT2D eigenvalue weighted by Crippen LogP contribution is 2.40. The molecule has 2 unspecified atom stereocenters. The maximum Gasteiger partial charge on any atom is 0.253 e. The molecule has 128 valence electrons. The minimum atomic E-state index is -0.150. The van der Waals surface area contributed by atoms with E-state index in [-0.39, 0.29) is 29.6 Å². The van der Waals surface area contributed by atoms with Gasteiger partial charge < -0.3 is 4.90 Å². The third-order valence-corrected chi connectivity index (χ3v) is 5.26. The predicted molar refractivity (Wildman–Crippen MR) is 91.6 cm³/mol. The van der Waals surface area contributed by atoms with Crippen molar-refractivity contribution in [3.8, 4) is 0 Å². The van der Waals surface area contributed by atoms with Gasteiger partial charge in [0.15, 0.2) is 0 Å². The molecule has 0 bridgehead atoms. The molecule has 0 aromatic heterocycles. The molecule has 3 amide bonds. The third-order valence-electron chi connectivity index (χ3n) is 5.26. The molecule has 2 fully saturated rings. The summed E-state index contributed by atoms with van der Waals surface area (Å²) in [6.45, 7) is 5.20. The van der Waals surface area contributed by atoms with E-state index in [4.69, 9.17) is 0 Å².